The number of ether oxygens (including phenoxy) is 2. The third-order valence-corrected chi connectivity index (χ3v) is 4.06. The second-order valence-corrected chi connectivity index (χ2v) is 5.41. The minimum Gasteiger partial charge on any atom is -0.506 e. The lowest BCUT2D eigenvalue weighted by atomic mass is 9.84. The van der Waals surface area contributed by atoms with Crippen molar-refractivity contribution in [2.24, 2.45) is 0 Å². The molecule has 1 aliphatic carbocycles. The van der Waals surface area contributed by atoms with E-state index in [1.807, 2.05) is 0 Å². The van der Waals surface area contributed by atoms with E-state index in [0.29, 0.717) is 0 Å². The Balaban J connectivity index is 2.37. The minimum atomic E-state index is -1.03. The summed E-state index contributed by atoms with van der Waals surface area (Å²) >= 11 is 0. The van der Waals surface area contributed by atoms with Crippen molar-refractivity contribution in [3.8, 4) is 11.5 Å². The van der Waals surface area contributed by atoms with Gasteiger partial charge in [0, 0.05) is 11.1 Å². The topological polar surface area (TPSA) is 116 Å². The highest BCUT2D eigenvalue weighted by Gasteiger charge is 2.37. The number of methoxy groups -OCH3 is 2. The normalized spacial score (nSPS) is 13.5. The average molecular weight is 355 g/mol. The fourth-order valence-corrected chi connectivity index (χ4v) is 2.84. The maximum Gasteiger partial charge on any atom is 0.281 e. The number of fused-ring (bicyclic) bond motifs is 1. The molecule has 0 aliphatic heterocycles. The number of nitrogens with zero attached hydrogens (tertiary/aromatic N) is 1. The van der Waals surface area contributed by atoms with Gasteiger partial charge in [-0.3, -0.25) is 19.7 Å². The maximum absolute atomic E-state index is 12.6. The lowest BCUT2D eigenvalue weighted by molar-refractivity contribution is -0.385. The van der Waals surface area contributed by atoms with Crippen molar-refractivity contribution < 1.29 is 29.1 Å². The van der Waals surface area contributed by atoms with Crippen molar-refractivity contribution in [3.63, 3.8) is 0 Å². The number of benzene rings is 2. The van der Waals surface area contributed by atoms with Crippen LogP contribution in [0.3, 0.4) is 0 Å². The fraction of sp³-hybridized carbons (Fsp3) is 0.111. The van der Waals surface area contributed by atoms with Crippen LogP contribution in [0.15, 0.2) is 36.4 Å². The van der Waals surface area contributed by atoms with E-state index in [-0.39, 0.29) is 28.2 Å². The molecule has 0 heterocycles. The molecule has 0 atom stereocenters. The zero-order valence-corrected chi connectivity index (χ0v) is 13.8. The number of hydrogen-bond acceptors (Lipinski definition) is 7. The Hall–Kier alpha value is -3.68. The van der Waals surface area contributed by atoms with Crippen molar-refractivity contribution in [3.05, 3.63) is 63.2 Å². The maximum atomic E-state index is 12.6. The van der Waals surface area contributed by atoms with Crippen molar-refractivity contribution in [1.82, 2.24) is 0 Å². The van der Waals surface area contributed by atoms with Gasteiger partial charge in [0.25, 0.3) is 5.69 Å². The van der Waals surface area contributed by atoms with Crippen LogP contribution in [-0.4, -0.2) is 35.8 Å². The molecule has 0 radical (unpaired) electrons. The van der Waals surface area contributed by atoms with Gasteiger partial charge in [0.2, 0.25) is 11.6 Å². The smallest absolute Gasteiger partial charge is 0.281 e. The SMILES string of the molecule is COc1cc(C2=C(O)c3ccccc3C(=O)C2=O)c([N+](=O)[O-])cc1OC. The number of allylic oxidation sites excluding steroid dienone is 1. The van der Waals surface area contributed by atoms with Crippen LogP contribution in [0.1, 0.15) is 21.5 Å². The number of nitro benzene ring substituents is 1. The Kier molecular flexibility index (Phi) is 4.17. The van der Waals surface area contributed by atoms with Crippen molar-refractivity contribution >= 4 is 28.6 Å². The van der Waals surface area contributed by atoms with E-state index < -0.39 is 33.5 Å². The molecule has 0 aromatic heterocycles. The number of aliphatic hydroxyl groups excluding tert-OH is 1. The summed E-state index contributed by atoms with van der Waals surface area (Å²) in [5, 5.41) is 22.1. The summed E-state index contributed by atoms with van der Waals surface area (Å²) in [7, 11) is 2.63. The molecule has 2 aromatic rings. The van der Waals surface area contributed by atoms with E-state index in [9.17, 15) is 24.8 Å². The Morgan fingerprint density at radius 1 is 0.923 bits per heavy atom. The summed E-state index contributed by atoms with van der Waals surface area (Å²) in [6, 6.07) is 8.28. The molecule has 26 heavy (non-hydrogen) atoms. The van der Waals surface area contributed by atoms with Gasteiger partial charge in [-0.05, 0) is 6.07 Å². The molecule has 0 fully saturated rings. The molecule has 2 aromatic carbocycles. The third-order valence-electron chi connectivity index (χ3n) is 4.06. The van der Waals surface area contributed by atoms with Gasteiger partial charge in [-0.2, -0.15) is 0 Å². The zero-order valence-electron chi connectivity index (χ0n) is 13.8. The highest BCUT2D eigenvalue weighted by Crippen LogP contribution is 2.42. The van der Waals surface area contributed by atoms with Gasteiger partial charge in [0.1, 0.15) is 5.76 Å². The predicted octanol–water partition coefficient (Wildman–Crippen LogP) is 2.80. The molecular weight excluding hydrogens is 342 g/mol. The van der Waals surface area contributed by atoms with Gasteiger partial charge in [-0.25, -0.2) is 0 Å². The number of nitro groups is 1. The molecule has 1 aliphatic rings. The molecular formula is C18H13NO7. The van der Waals surface area contributed by atoms with E-state index in [1.165, 1.54) is 32.4 Å². The standard InChI is InChI=1S/C18H13NO7/c1-25-13-7-11(12(19(23)24)8-14(13)26-2)15-16(20)9-5-3-4-6-10(9)17(21)18(15)22/h3-8,20H,1-2H3. The largest absolute Gasteiger partial charge is 0.506 e. The molecule has 0 unspecified atom stereocenters. The molecule has 1 N–H and O–H groups in total. The number of hydrogen-bond donors (Lipinski definition) is 1. The van der Waals surface area contributed by atoms with Crippen LogP contribution in [0.2, 0.25) is 0 Å². The molecule has 0 saturated heterocycles. The molecule has 0 bridgehead atoms. The Morgan fingerprint density at radius 2 is 1.50 bits per heavy atom. The summed E-state index contributed by atoms with van der Waals surface area (Å²) in [5.41, 5.74) is -0.984. The number of carbonyl (C=O) groups excluding carboxylic acids is 2. The fourth-order valence-electron chi connectivity index (χ4n) is 2.84. The van der Waals surface area contributed by atoms with Crippen LogP contribution < -0.4 is 9.47 Å². The van der Waals surface area contributed by atoms with Crippen molar-refractivity contribution in [2.45, 2.75) is 0 Å². The summed E-state index contributed by atoms with van der Waals surface area (Å²) in [5.74, 6) is -2.18. The van der Waals surface area contributed by atoms with Crippen LogP contribution in [0.4, 0.5) is 5.69 Å². The third kappa shape index (κ3) is 2.48. The first-order valence-electron chi connectivity index (χ1n) is 7.43. The Bertz CT molecular complexity index is 991. The van der Waals surface area contributed by atoms with Crippen LogP contribution in [0.5, 0.6) is 11.5 Å². The minimum absolute atomic E-state index is 0.0434. The van der Waals surface area contributed by atoms with E-state index in [4.69, 9.17) is 9.47 Å². The van der Waals surface area contributed by atoms with Gasteiger partial charge >= 0.3 is 0 Å². The van der Waals surface area contributed by atoms with Gasteiger partial charge in [0.15, 0.2) is 11.5 Å². The number of ketones is 2. The Morgan fingerprint density at radius 3 is 2.08 bits per heavy atom. The van der Waals surface area contributed by atoms with Gasteiger partial charge in [0.05, 0.1) is 36.3 Å². The first-order valence-corrected chi connectivity index (χ1v) is 7.43. The lowest BCUT2D eigenvalue weighted by Gasteiger charge is -2.18. The van der Waals surface area contributed by atoms with Crippen LogP contribution >= 0.6 is 0 Å². The molecule has 0 spiro atoms. The van der Waals surface area contributed by atoms with Crippen molar-refractivity contribution in [2.75, 3.05) is 14.2 Å². The number of carbonyl (C=O) groups is 2. The molecule has 8 heteroatoms. The van der Waals surface area contributed by atoms with Crippen LogP contribution in [0.25, 0.3) is 11.3 Å². The lowest BCUT2D eigenvalue weighted by Crippen LogP contribution is -2.23. The van der Waals surface area contributed by atoms with Crippen LogP contribution in [-0.2, 0) is 4.79 Å². The number of rotatable bonds is 4. The zero-order chi connectivity index (χ0) is 19.0. The average Bonchev–Trinajstić information content (AvgIpc) is 2.65. The molecule has 0 saturated carbocycles. The van der Waals surface area contributed by atoms with Gasteiger partial charge < -0.3 is 14.6 Å². The summed E-state index contributed by atoms with van der Waals surface area (Å²) in [4.78, 5) is 35.7. The van der Waals surface area contributed by atoms with Gasteiger partial charge in [-0.15, -0.1) is 0 Å². The van der Waals surface area contributed by atoms with E-state index in [0.717, 1.165) is 6.07 Å². The predicted molar refractivity (Wildman–Crippen MR) is 91.4 cm³/mol. The molecule has 3 rings (SSSR count). The first-order chi connectivity index (χ1) is 12.4. The van der Waals surface area contributed by atoms with E-state index >= 15 is 0 Å². The molecule has 132 valence electrons. The molecule has 8 nitrogen and oxygen atoms in total. The highest BCUT2D eigenvalue weighted by atomic mass is 16.6. The second-order valence-electron chi connectivity index (χ2n) is 5.41. The Labute approximate surface area is 147 Å². The summed E-state index contributed by atoms with van der Waals surface area (Å²) in [6.07, 6.45) is 0. The number of aliphatic hydroxyl groups is 1. The van der Waals surface area contributed by atoms with E-state index in [2.05, 4.69) is 0 Å². The number of Topliss-reactive ketones (excluding diaryl/α,β-unsaturated/α-hetero) is 2. The summed E-state index contributed by atoms with van der Waals surface area (Å²) < 4.78 is 10.2. The molecule has 0 amide bonds. The monoisotopic (exact) mass is 355 g/mol. The first kappa shape index (κ1) is 17.2. The van der Waals surface area contributed by atoms with Gasteiger partial charge in [-0.1, -0.05) is 24.3 Å². The highest BCUT2D eigenvalue weighted by molar-refractivity contribution is 6.62. The van der Waals surface area contributed by atoms with Crippen molar-refractivity contribution in [1.29, 1.82) is 0 Å². The van der Waals surface area contributed by atoms with E-state index in [1.54, 1.807) is 12.1 Å². The summed E-state index contributed by atoms with van der Waals surface area (Å²) in [6.45, 7) is 0. The second kappa shape index (κ2) is 6.32. The van der Waals surface area contributed by atoms with Crippen LogP contribution in [0, 0.1) is 10.1 Å². The quantitative estimate of drug-likeness (QED) is 0.509.